The van der Waals surface area contributed by atoms with E-state index in [1.807, 2.05) is 24.3 Å². The minimum atomic E-state index is 0.151. The van der Waals surface area contributed by atoms with Crippen molar-refractivity contribution in [2.75, 3.05) is 32.7 Å². The first-order valence-electron chi connectivity index (χ1n) is 16.1. The van der Waals surface area contributed by atoms with E-state index < -0.39 is 0 Å². The van der Waals surface area contributed by atoms with Gasteiger partial charge in [-0.1, -0.05) is 85.6 Å². The van der Waals surface area contributed by atoms with Crippen molar-refractivity contribution in [1.82, 2.24) is 9.80 Å². The molecule has 2 saturated heterocycles. The highest BCUT2D eigenvalue weighted by Gasteiger charge is 2.29. The van der Waals surface area contributed by atoms with Crippen molar-refractivity contribution in [3.63, 3.8) is 0 Å². The fourth-order valence-electron chi connectivity index (χ4n) is 7.38. The Bertz CT molecular complexity index is 1190. The van der Waals surface area contributed by atoms with Crippen LogP contribution in [0.2, 0.25) is 0 Å². The van der Waals surface area contributed by atoms with E-state index in [9.17, 15) is 4.79 Å². The fourth-order valence-corrected chi connectivity index (χ4v) is 7.38. The zero-order chi connectivity index (χ0) is 27.9. The van der Waals surface area contributed by atoms with E-state index in [2.05, 4.69) is 70.5 Å². The number of ketones is 1. The summed E-state index contributed by atoms with van der Waals surface area (Å²) in [5.41, 5.74) is 3.51. The molecule has 3 aromatic carbocycles. The highest BCUT2D eigenvalue weighted by molar-refractivity contribution is 5.96. The van der Waals surface area contributed by atoms with Gasteiger partial charge in [0.25, 0.3) is 0 Å². The number of likely N-dealkylation sites (tertiary alicyclic amines) is 2. The third-order valence-corrected chi connectivity index (χ3v) is 9.80. The zero-order valence-corrected chi connectivity index (χ0v) is 24.5. The minimum Gasteiger partial charge on any atom is -0.489 e. The first kappa shape index (κ1) is 28.2. The van der Waals surface area contributed by atoms with Gasteiger partial charge in [0.05, 0.1) is 0 Å². The van der Waals surface area contributed by atoms with Crippen LogP contribution in [-0.4, -0.2) is 60.5 Å². The quantitative estimate of drug-likeness (QED) is 0.230. The normalized spacial score (nSPS) is 21.0. The average Bonchev–Trinajstić information content (AvgIpc) is 3.73. The molecule has 0 spiro atoms. The SMILES string of the molecule is O=C(CCC1CCN(C2CCCC2)CC1)c1cccc(O[C@H]2CCN(CC(c3ccccc3)c3ccccc3)C2)c1. The van der Waals surface area contributed by atoms with Crippen molar-refractivity contribution in [2.45, 2.75) is 75.9 Å². The average molecular weight is 551 g/mol. The van der Waals surface area contributed by atoms with Crippen molar-refractivity contribution in [1.29, 1.82) is 0 Å². The second kappa shape index (κ2) is 13.8. The van der Waals surface area contributed by atoms with Gasteiger partial charge in [0, 0.05) is 43.6 Å². The van der Waals surface area contributed by atoms with Crippen LogP contribution >= 0.6 is 0 Å². The van der Waals surface area contributed by atoms with E-state index in [0.29, 0.717) is 18.3 Å². The van der Waals surface area contributed by atoms with Crippen LogP contribution in [0.4, 0.5) is 0 Å². The van der Waals surface area contributed by atoms with Gasteiger partial charge in [-0.25, -0.2) is 0 Å². The topological polar surface area (TPSA) is 32.8 Å². The van der Waals surface area contributed by atoms with Gasteiger partial charge in [-0.3, -0.25) is 9.69 Å². The van der Waals surface area contributed by atoms with E-state index >= 15 is 0 Å². The number of carbonyl (C=O) groups is 1. The Morgan fingerprint density at radius 2 is 1.46 bits per heavy atom. The summed E-state index contributed by atoms with van der Waals surface area (Å²) in [5.74, 6) is 2.12. The Hall–Kier alpha value is -2.95. The summed E-state index contributed by atoms with van der Waals surface area (Å²) in [4.78, 5) is 18.4. The van der Waals surface area contributed by atoms with E-state index in [4.69, 9.17) is 4.74 Å². The molecule has 6 rings (SSSR count). The molecule has 1 atom stereocenters. The monoisotopic (exact) mass is 550 g/mol. The molecule has 3 aromatic rings. The molecule has 1 aliphatic carbocycles. The lowest BCUT2D eigenvalue weighted by Gasteiger charge is -2.36. The molecule has 2 heterocycles. The predicted octanol–water partition coefficient (Wildman–Crippen LogP) is 7.59. The van der Waals surface area contributed by atoms with Gasteiger partial charge in [-0.2, -0.15) is 0 Å². The molecule has 0 aromatic heterocycles. The maximum absolute atomic E-state index is 13.1. The number of benzene rings is 3. The van der Waals surface area contributed by atoms with Crippen LogP contribution in [0, 0.1) is 5.92 Å². The lowest BCUT2D eigenvalue weighted by Crippen LogP contribution is -2.40. The fraction of sp³-hybridized carbons (Fsp3) is 0.486. The van der Waals surface area contributed by atoms with Crippen LogP contribution in [0.3, 0.4) is 0 Å². The zero-order valence-electron chi connectivity index (χ0n) is 24.5. The second-order valence-electron chi connectivity index (χ2n) is 12.6. The van der Waals surface area contributed by atoms with Crippen LogP contribution in [0.15, 0.2) is 84.9 Å². The van der Waals surface area contributed by atoms with Gasteiger partial charge in [0.1, 0.15) is 11.9 Å². The summed E-state index contributed by atoms with van der Waals surface area (Å²) in [7, 11) is 0. The second-order valence-corrected chi connectivity index (χ2v) is 12.6. The molecule has 0 bridgehead atoms. The summed E-state index contributed by atoms with van der Waals surface area (Å²) < 4.78 is 6.44. The number of piperidine rings is 1. The largest absolute Gasteiger partial charge is 0.489 e. The van der Waals surface area contributed by atoms with Gasteiger partial charge in [-0.05, 0) is 80.8 Å². The Labute approximate surface area is 246 Å². The Morgan fingerprint density at radius 1 is 0.780 bits per heavy atom. The van der Waals surface area contributed by atoms with E-state index in [0.717, 1.165) is 49.8 Å². The summed E-state index contributed by atoms with van der Waals surface area (Å²) in [6, 6.07) is 30.4. The number of nitrogens with zero attached hydrogens (tertiary/aromatic N) is 2. The Balaban J connectivity index is 0.988. The minimum absolute atomic E-state index is 0.151. The van der Waals surface area contributed by atoms with Crippen LogP contribution in [0.5, 0.6) is 5.75 Å². The maximum atomic E-state index is 13.1. The van der Waals surface area contributed by atoms with Crippen molar-refractivity contribution in [3.8, 4) is 5.75 Å². The molecule has 216 valence electrons. The molecule has 4 nitrogen and oxygen atoms in total. The van der Waals surface area contributed by atoms with Crippen molar-refractivity contribution < 1.29 is 9.53 Å². The summed E-state index contributed by atoms with van der Waals surface area (Å²) in [6.07, 6.45) is 10.9. The smallest absolute Gasteiger partial charge is 0.163 e. The van der Waals surface area contributed by atoms with Crippen LogP contribution in [0.25, 0.3) is 0 Å². The highest BCUT2D eigenvalue weighted by Crippen LogP contribution is 2.31. The van der Waals surface area contributed by atoms with Crippen molar-refractivity contribution in [2.24, 2.45) is 5.92 Å². The van der Waals surface area contributed by atoms with Crippen molar-refractivity contribution in [3.05, 3.63) is 102 Å². The Kier molecular flexibility index (Phi) is 9.49. The number of carbonyl (C=O) groups excluding carboxylic acids is 1. The maximum Gasteiger partial charge on any atom is 0.163 e. The Morgan fingerprint density at radius 3 is 2.15 bits per heavy atom. The lowest BCUT2D eigenvalue weighted by molar-refractivity contribution is 0.0948. The molecule has 0 N–H and O–H groups in total. The molecule has 0 amide bonds. The molecule has 1 saturated carbocycles. The third kappa shape index (κ3) is 7.47. The highest BCUT2D eigenvalue weighted by atomic mass is 16.5. The molecule has 4 heteroatoms. The van der Waals surface area contributed by atoms with E-state index in [1.165, 1.54) is 62.7 Å². The van der Waals surface area contributed by atoms with Gasteiger partial charge >= 0.3 is 0 Å². The molecule has 0 unspecified atom stereocenters. The van der Waals surface area contributed by atoms with Crippen molar-refractivity contribution >= 4 is 5.78 Å². The predicted molar refractivity (Wildman–Crippen MR) is 167 cm³/mol. The molecular weight excluding hydrogens is 504 g/mol. The van der Waals surface area contributed by atoms with E-state index in [-0.39, 0.29) is 11.9 Å². The summed E-state index contributed by atoms with van der Waals surface area (Å²) >= 11 is 0. The first-order valence-corrected chi connectivity index (χ1v) is 16.1. The number of hydrogen-bond acceptors (Lipinski definition) is 4. The molecule has 3 aliphatic rings. The number of ether oxygens (including phenoxy) is 1. The van der Waals surface area contributed by atoms with Gasteiger partial charge in [0.2, 0.25) is 0 Å². The third-order valence-electron chi connectivity index (χ3n) is 9.80. The molecular formula is C37H46N2O2. The summed E-state index contributed by atoms with van der Waals surface area (Å²) in [6.45, 7) is 5.37. The van der Waals surface area contributed by atoms with Gasteiger partial charge in [-0.15, -0.1) is 0 Å². The number of Topliss-reactive ketones (excluding diaryl/α,β-unsaturated/α-hetero) is 1. The first-order chi connectivity index (χ1) is 20.2. The van der Waals surface area contributed by atoms with Crippen LogP contribution in [-0.2, 0) is 0 Å². The van der Waals surface area contributed by atoms with Crippen LogP contribution < -0.4 is 4.74 Å². The van der Waals surface area contributed by atoms with Gasteiger partial charge < -0.3 is 9.64 Å². The molecule has 2 aliphatic heterocycles. The number of rotatable bonds is 11. The van der Waals surface area contributed by atoms with E-state index in [1.54, 1.807) is 0 Å². The molecule has 41 heavy (non-hydrogen) atoms. The van der Waals surface area contributed by atoms with Gasteiger partial charge in [0.15, 0.2) is 5.78 Å². The van der Waals surface area contributed by atoms with Crippen LogP contribution in [0.1, 0.15) is 85.2 Å². The standard InChI is InChI=1S/C37H46N2O2/c40-37(19-18-29-20-24-39(25-21-29)33-15-7-8-16-33)32-14-9-17-34(26-32)41-35-22-23-38(27-35)28-36(30-10-3-1-4-11-30)31-12-5-2-6-13-31/h1-6,9-14,17,26,29,33,35-36H,7-8,15-16,18-25,27-28H2/t35-/m0/s1. The molecule has 3 fully saturated rings. The summed E-state index contributed by atoms with van der Waals surface area (Å²) in [5, 5.41) is 0. The lowest BCUT2D eigenvalue weighted by atomic mass is 9.89. The molecule has 0 radical (unpaired) electrons. The number of hydrogen-bond donors (Lipinski definition) is 0.